The molecule has 4 N–H and O–H groups in total. The molecule has 7 heteroatoms. The number of hydrogen-bond acceptors (Lipinski definition) is 4. The third-order valence-corrected chi connectivity index (χ3v) is 5.01. The lowest BCUT2D eigenvalue weighted by atomic mass is 9.89. The number of carbonyl (C=O) groups is 2. The number of rotatable bonds is 5. The smallest absolute Gasteiger partial charge is 0.326 e. The van der Waals surface area contributed by atoms with Crippen molar-refractivity contribution in [2.45, 2.75) is 24.7 Å². The van der Waals surface area contributed by atoms with Crippen LogP contribution in [-0.2, 0) is 20.9 Å². The lowest BCUT2D eigenvalue weighted by Crippen LogP contribution is -2.58. The molecular weight excluding hydrogens is 310 g/mol. The topological polar surface area (TPSA) is 110 Å². The molecule has 0 aliphatic heterocycles. The largest absolute Gasteiger partial charge is 0.481 e. The minimum atomic E-state index is -1.64. The van der Waals surface area contributed by atoms with Gasteiger partial charge in [0.25, 0.3) is 0 Å². The fraction of sp³-hybridized carbons (Fsp3) is 0.467. The van der Waals surface area contributed by atoms with Crippen LogP contribution in [0, 0.1) is 17.8 Å². The molecule has 0 bridgehead atoms. The first kappa shape index (κ1) is 15.3. The summed E-state index contributed by atoms with van der Waals surface area (Å²) in [6.45, 7) is 0.214. The van der Waals surface area contributed by atoms with Crippen LogP contribution < -0.4 is 5.73 Å². The summed E-state index contributed by atoms with van der Waals surface area (Å²) in [5, 5.41) is 19.2. The number of carboxylic acid groups (broad SMARTS) is 2. The molecule has 0 heterocycles. The number of aliphatic carboxylic acids is 2. The van der Waals surface area contributed by atoms with Gasteiger partial charge in [-0.05, 0) is 30.0 Å². The van der Waals surface area contributed by atoms with Crippen molar-refractivity contribution in [3.05, 3.63) is 34.9 Å². The number of hydrogen-bond donors (Lipinski definition) is 3. The van der Waals surface area contributed by atoms with Crippen molar-refractivity contribution in [2.24, 2.45) is 23.5 Å². The van der Waals surface area contributed by atoms with E-state index >= 15 is 0 Å². The molecule has 118 valence electrons. The fourth-order valence-corrected chi connectivity index (χ4v) is 3.70. The average molecular weight is 326 g/mol. The van der Waals surface area contributed by atoms with E-state index in [9.17, 15) is 14.7 Å². The first-order chi connectivity index (χ1) is 10.4. The maximum atomic E-state index is 11.6. The molecule has 0 saturated heterocycles. The van der Waals surface area contributed by atoms with Gasteiger partial charge in [0.2, 0.25) is 0 Å². The van der Waals surface area contributed by atoms with Crippen molar-refractivity contribution in [1.82, 2.24) is 0 Å². The molecule has 1 aromatic carbocycles. The predicted octanol–water partition coefficient (Wildman–Crippen LogP) is 1.36. The van der Waals surface area contributed by atoms with E-state index < -0.39 is 35.4 Å². The van der Waals surface area contributed by atoms with E-state index in [1.807, 2.05) is 0 Å². The van der Waals surface area contributed by atoms with E-state index in [-0.39, 0.29) is 12.5 Å². The summed E-state index contributed by atoms with van der Waals surface area (Å²) in [5.74, 6) is -3.63. The minimum Gasteiger partial charge on any atom is -0.481 e. The normalized spacial score (nSPS) is 35.9. The number of benzene rings is 1. The van der Waals surface area contributed by atoms with Crippen LogP contribution in [0.2, 0.25) is 5.02 Å². The van der Waals surface area contributed by atoms with Gasteiger partial charge in [-0.3, -0.25) is 9.59 Å². The second-order valence-electron chi connectivity index (χ2n) is 5.95. The molecule has 2 aliphatic carbocycles. The van der Waals surface area contributed by atoms with Crippen LogP contribution in [0.5, 0.6) is 0 Å². The summed E-state index contributed by atoms with van der Waals surface area (Å²) in [6.07, 6.45) is -0.329. The zero-order valence-corrected chi connectivity index (χ0v) is 12.4. The SMILES string of the molecule is N[C@]1(C(=O)O)[C@H]2[C@@H](C[C@H]1OCc1ccc(Cl)cc1)[C@@H]2C(=O)O. The molecule has 0 aromatic heterocycles. The number of fused-ring (bicyclic) bond motifs is 1. The second-order valence-corrected chi connectivity index (χ2v) is 6.39. The maximum Gasteiger partial charge on any atom is 0.326 e. The highest BCUT2D eigenvalue weighted by molar-refractivity contribution is 6.30. The van der Waals surface area contributed by atoms with Crippen LogP contribution in [0.25, 0.3) is 0 Å². The molecule has 6 nitrogen and oxygen atoms in total. The highest BCUT2D eigenvalue weighted by Crippen LogP contribution is 2.62. The molecule has 0 amide bonds. The molecule has 1 aromatic rings. The number of nitrogens with two attached hydrogens (primary N) is 1. The van der Waals surface area contributed by atoms with Crippen LogP contribution in [-0.4, -0.2) is 33.8 Å². The zero-order chi connectivity index (χ0) is 16.1. The Hall–Kier alpha value is -1.63. The Bertz CT molecular complexity index is 619. The Kier molecular flexibility index (Phi) is 3.63. The third kappa shape index (κ3) is 2.27. The van der Waals surface area contributed by atoms with Gasteiger partial charge in [0.15, 0.2) is 0 Å². The molecule has 3 rings (SSSR count). The van der Waals surface area contributed by atoms with Crippen molar-refractivity contribution in [2.75, 3.05) is 0 Å². The predicted molar refractivity (Wildman–Crippen MR) is 77.3 cm³/mol. The van der Waals surface area contributed by atoms with E-state index in [1.54, 1.807) is 24.3 Å². The molecule has 2 fully saturated rings. The fourth-order valence-electron chi connectivity index (χ4n) is 3.58. The number of halogens is 1. The molecule has 2 saturated carbocycles. The summed E-state index contributed by atoms with van der Waals surface area (Å²) in [4.78, 5) is 22.7. The zero-order valence-electron chi connectivity index (χ0n) is 11.6. The highest BCUT2D eigenvalue weighted by Gasteiger charge is 2.74. The second kappa shape index (κ2) is 5.22. The van der Waals surface area contributed by atoms with Gasteiger partial charge in [0.1, 0.15) is 5.54 Å². The van der Waals surface area contributed by atoms with Crippen molar-refractivity contribution in [1.29, 1.82) is 0 Å². The van der Waals surface area contributed by atoms with Gasteiger partial charge in [-0.15, -0.1) is 0 Å². The number of carboxylic acids is 2. The Morgan fingerprint density at radius 3 is 2.50 bits per heavy atom. The highest BCUT2D eigenvalue weighted by atomic mass is 35.5. The Morgan fingerprint density at radius 1 is 1.32 bits per heavy atom. The van der Waals surface area contributed by atoms with Gasteiger partial charge in [0, 0.05) is 10.9 Å². The van der Waals surface area contributed by atoms with Crippen LogP contribution in [0.3, 0.4) is 0 Å². The summed E-state index contributed by atoms with van der Waals surface area (Å²) >= 11 is 5.80. The Morgan fingerprint density at radius 2 is 1.95 bits per heavy atom. The van der Waals surface area contributed by atoms with Gasteiger partial charge in [-0.1, -0.05) is 23.7 Å². The average Bonchev–Trinajstić information content (AvgIpc) is 3.11. The van der Waals surface area contributed by atoms with E-state index in [1.165, 1.54) is 0 Å². The van der Waals surface area contributed by atoms with E-state index in [0.717, 1.165) is 5.56 Å². The maximum absolute atomic E-state index is 11.6. The molecule has 22 heavy (non-hydrogen) atoms. The van der Waals surface area contributed by atoms with Crippen molar-refractivity contribution < 1.29 is 24.5 Å². The van der Waals surface area contributed by atoms with Crippen LogP contribution in [0.15, 0.2) is 24.3 Å². The van der Waals surface area contributed by atoms with Crippen LogP contribution >= 0.6 is 11.6 Å². The number of ether oxygens (including phenoxy) is 1. The standard InChI is InChI=1S/C15H16ClNO5/c16-8-3-1-7(2-4-8)6-22-10-5-9-11(13(18)19)12(9)15(10,17)14(20)21/h1-4,9-12H,5-6,17H2,(H,18,19)(H,20,21)/t9-,10+,11-,12-,15-/m0/s1. The lowest BCUT2D eigenvalue weighted by Gasteiger charge is -2.30. The third-order valence-electron chi connectivity index (χ3n) is 4.76. The lowest BCUT2D eigenvalue weighted by molar-refractivity contribution is -0.152. The van der Waals surface area contributed by atoms with Crippen LogP contribution in [0.4, 0.5) is 0 Å². The molecule has 0 radical (unpaired) electrons. The summed E-state index contributed by atoms with van der Waals surface area (Å²) in [6, 6.07) is 7.02. The first-order valence-corrected chi connectivity index (χ1v) is 7.34. The van der Waals surface area contributed by atoms with Gasteiger partial charge in [-0.25, -0.2) is 0 Å². The van der Waals surface area contributed by atoms with Crippen LogP contribution in [0.1, 0.15) is 12.0 Å². The van der Waals surface area contributed by atoms with Crippen molar-refractivity contribution in [3.8, 4) is 0 Å². The quantitative estimate of drug-likeness (QED) is 0.754. The monoisotopic (exact) mass is 325 g/mol. The molecule has 5 atom stereocenters. The Balaban J connectivity index is 1.71. The Labute approximate surface area is 131 Å². The van der Waals surface area contributed by atoms with Gasteiger partial charge in [0.05, 0.1) is 18.6 Å². The summed E-state index contributed by atoms with van der Waals surface area (Å²) < 4.78 is 5.69. The molecule has 2 aliphatic rings. The summed E-state index contributed by atoms with van der Waals surface area (Å²) in [7, 11) is 0. The van der Waals surface area contributed by atoms with Crippen molar-refractivity contribution in [3.63, 3.8) is 0 Å². The minimum absolute atomic E-state index is 0.214. The molecule has 0 unspecified atom stereocenters. The van der Waals surface area contributed by atoms with E-state index in [2.05, 4.69) is 0 Å². The summed E-state index contributed by atoms with van der Waals surface area (Å²) in [5.41, 5.74) is 5.25. The van der Waals surface area contributed by atoms with Gasteiger partial charge in [-0.2, -0.15) is 0 Å². The molecule has 0 spiro atoms. The first-order valence-electron chi connectivity index (χ1n) is 6.96. The molecular formula is C15H16ClNO5. The van der Waals surface area contributed by atoms with Crippen molar-refractivity contribution >= 4 is 23.5 Å². The van der Waals surface area contributed by atoms with Gasteiger partial charge < -0.3 is 20.7 Å². The van der Waals surface area contributed by atoms with Gasteiger partial charge >= 0.3 is 11.9 Å². The van der Waals surface area contributed by atoms with E-state index in [0.29, 0.717) is 11.4 Å². The van der Waals surface area contributed by atoms with E-state index in [4.69, 9.17) is 27.2 Å².